The van der Waals surface area contributed by atoms with E-state index in [-0.39, 0.29) is 0 Å². The van der Waals surface area contributed by atoms with E-state index in [1.54, 1.807) is 0 Å². The van der Waals surface area contributed by atoms with Crippen molar-refractivity contribution < 1.29 is 27.5 Å². The Kier molecular flexibility index (Phi) is 3.90. The second-order valence-electron chi connectivity index (χ2n) is 2.36. The zero-order chi connectivity index (χ0) is 10.6. The largest absolute Gasteiger partial charge is 0.478 e. The maximum atomic E-state index is 12.3. The molecule has 0 saturated heterocycles. The number of hydrogen-bond donors (Lipinski definition) is 1. The summed E-state index contributed by atoms with van der Waals surface area (Å²) in [5, 5.41) is 8.27. The van der Waals surface area contributed by atoms with Crippen LogP contribution in [0.4, 0.5) is 17.6 Å². The Bertz CT molecular complexity index is 223. The van der Waals surface area contributed by atoms with Gasteiger partial charge in [-0.2, -0.15) is 8.78 Å². The topological polar surface area (TPSA) is 37.3 Å². The Morgan fingerprint density at radius 2 is 2.00 bits per heavy atom. The van der Waals surface area contributed by atoms with Gasteiger partial charge >= 0.3 is 18.3 Å². The maximum absolute atomic E-state index is 12.3. The number of halogens is 4. The third kappa shape index (κ3) is 3.43. The molecule has 0 saturated carbocycles. The second kappa shape index (κ2) is 4.25. The molecule has 0 fully saturated rings. The molecule has 76 valence electrons. The van der Waals surface area contributed by atoms with Crippen LogP contribution >= 0.6 is 0 Å². The van der Waals surface area contributed by atoms with E-state index < -0.39 is 30.3 Å². The normalized spacial score (nSPS) is 13.5. The van der Waals surface area contributed by atoms with Crippen molar-refractivity contribution in [1.82, 2.24) is 0 Å². The molecule has 0 amide bonds. The van der Waals surface area contributed by atoms with Crippen molar-refractivity contribution in [2.75, 3.05) is 0 Å². The number of alkyl halides is 4. The number of aliphatic carboxylic acids is 1. The minimum Gasteiger partial charge on any atom is -0.478 e. The van der Waals surface area contributed by atoms with Crippen molar-refractivity contribution in [2.45, 2.75) is 25.7 Å². The third-order valence-electron chi connectivity index (χ3n) is 1.37. The van der Waals surface area contributed by atoms with Crippen LogP contribution in [0.25, 0.3) is 0 Å². The highest BCUT2D eigenvalue weighted by Crippen LogP contribution is 2.29. The molecule has 0 spiro atoms. The molecule has 13 heavy (non-hydrogen) atoms. The molecule has 0 aromatic heterocycles. The summed E-state index contributed by atoms with van der Waals surface area (Å²) in [6.45, 7) is 1.20. The second-order valence-corrected chi connectivity index (χ2v) is 2.36. The average Bonchev–Trinajstić information content (AvgIpc) is 1.99. The predicted molar refractivity (Wildman–Crippen MR) is 37.0 cm³/mol. The van der Waals surface area contributed by atoms with Crippen molar-refractivity contribution in [1.29, 1.82) is 0 Å². The molecule has 0 aromatic rings. The van der Waals surface area contributed by atoms with Crippen LogP contribution in [0.5, 0.6) is 0 Å². The monoisotopic (exact) mass is 200 g/mol. The van der Waals surface area contributed by atoms with E-state index in [0.29, 0.717) is 0 Å². The van der Waals surface area contributed by atoms with Crippen LogP contribution in [-0.2, 0) is 4.79 Å². The van der Waals surface area contributed by atoms with E-state index in [1.807, 2.05) is 0 Å². The molecule has 0 aliphatic carbocycles. The van der Waals surface area contributed by atoms with Gasteiger partial charge in [0, 0.05) is 12.0 Å². The van der Waals surface area contributed by atoms with E-state index in [2.05, 4.69) is 0 Å². The molecule has 0 rings (SSSR count). The molecular formula is C7H8F4O2. The quantitative estimate of drug-likeness (QED) is 0.558. The van der Waals surface area contributed by atoms with Gasteiger partial charge in [-0.3, -0.25) is 0 Å². The van der Waals surface area contributed by atoms with E-state index in [1.165, 1.54) is 6.92 Å². The first-order valence-corrected chi connectivity index (χ1v) is 3.35. The van der Waals surface area contributed by atoms with Gasteiger partial charge in [-0.1, -0.05) is 6.08 Å². The fourth-order valence-electron chi connectivity index (χ4n) is 0.632. The summed E-state index contributed by atoms with van der Waals surface area (Å²) in [4.78, 5) is 10.2. The highest BCUT2D eigenvalue weighted by Gasteiger charge is 2.42. The summed E-state index contributed by atoms with van der Waals surface area (Å²) in [5.41, 5.74) is -0.717. The molecule has 0 atom stereocenters. The van der Waals surface area contributed by atoms with Gasteiger partial charge in [0.15, 0.2) is 0 Å². The summed E-state index contributed by atoms with van der Waals surface area (Å²) in [5.74, 6) is -5.89. The number of carboxylic acid groups (broad SMARTS) is 1. The number of allylic oxidation sites excluding steroid dienone is 1. The maximum Gasteiger partial charge on any atom is 0.331 e. The van der Waals surface area contributed by atoms with Gasteiger partial charge in [-0.05, 0) is 6.92 Å². The fourth-order valence-corrected chi connectivity index (χ4v) is 0.632. The van der Waals surface area contributed by atoms with Gasteiger partial charge in [0.05, 0.1) is 0 Å². The highest BCUT2D eigenvalue weighted by atomic mass is 19.3. The SMILES string of the molecule is C/C=C(\CC(F)(F)C(F)F)C(=O)O. The van der Waals surface area contributed by atoms with Gasteiger partial charge < -0.3 is 5.11 Å². The number of carbonyl (C=O) groups is 1. The van der Waals surface area contributed by atoms with E-state index >= 15 is 0 Å². The standard InChI is InChI=1S/C7H8F4O2/c1-2-4(5(12)13)3-7(10,11)6(8)9/h2,6H,3H2,1H3,(H,12,13)/b4-2+. The first kappa shape index (κ1) is 11.9. The van der Waals surface area contributed by atoms with Crippen molar-refractivity contribution in [3.63, 3.8) is 0 Å². The van der Waals surface area contributed by atoms with Crippen LogP contribution in [0, 0.1) is 0 Å². The van der Waals surface area contributed by atoms with Crippen LogP contribution in [0.1, 0.15) is 13.3 Å². The summed E-state index contributed by atoms with van der Waals surface area (Å²) < 4.78 is 47.8. The Labute approximate surface area is 71.9 Å². The van der Waals surface area contributed by atoms with E-state index in [9.17, 15) is 22.4 Å². The Morgan fingerprint density at radius 1 is 1.54 bits per heavy atom. The average molecular weight is 200 g/mol. The van der Waals surface area contributed by atoms with Gasteiger partial charge in [0.1, 0.15) is 0 Å². The Hall–Kier alpha value is -1.07. The molecule has 0 heterocycles. The summed E-state index contributed by atoms with van der Waals surface area (Å²) >= 11 is 0. The van der Waals surface area contributed by atoms with Crippen molar-refractivity contribution in [3.8, 4) is 0 Å². The number of hydrogen-bond acceptors (Lipinski definition) is 1. The van der Waals surface area contributed by atoms with Gasteiger partial charge in [0.25, 0.3) is 0 Å². The van der Waals surface area contributed by atoms with Crippen molar-refractivity contribution >= 4 is 5.97 Å². The molecule has 1 N–H and O–H groups in total. The number of carboxylic acids is 1. The number of rotatable bonds is 4. The Balaban J connectivity index is 4.51. The zero-order valence-electron chi connectivity index (χ0n) is 6.73. The van der Waals surface area contributed by atoms with Crippen LogP contribution < -0.4 is 0 Å². The summed E-state index contributed by atoms with van der Waals surface area (Å²) in [6.07, 6.45) is -4.42. The van der Waals surface area contributed by atoms with Crippen LogP contribution in [0.3, 0.4) is 0 Å². The van der Waals surface area contributed by atoms with Gasteiger partial charge in [-0.15, -0.1) is 0 Å². The molecule has 0 unspecified atom stereocenters. The van der Waals surface area contributed by atoms with Crippen molar-refractivity contribution in [3.05, 3.63) is 11.6 Å². The molecule has 6 heteroatoms. The highest BCUT2D eigenvalue weighted by molar-refractivity contribution is 5.86. The minimum atomic E-state index is -4.28. The molecule has 0 aromatic carbocycles. The lowest BCUT2D eigenvalue weighted by molar-refractivity contribution is -0.141. The summed E-state index contributed by atoms with van der Waals surface area (Å²) in [6, 6.07) is 0. The fraction of sp³-hybridized carbons (Fsp3) is 0.571. The summed E-state index contributed by atoms with van der Waals surface area (Å²) in [7, 11) is 0. The molecule has 0 aliphatic rings. The van der Waals surface area contributed by atoms with E-state index in [4.69, 9.17) is 5.11 Å². The minimum absolute atomic E-state index is 0.717. The molecule has 0 aliphatic heterocycles. The van der Waals surface area contributed by atoms with Crippen molar-refractivity contribution in [2.24, 2.45) is 0 Å². The van der Waals surface area contributed by atoms with Gasteiger partial charge in [-0.25, -0.2) is 13.6 Å². The molecular weight excluding hydrogens is 192 g/mol. The first-order valence-electron chi connectivity index (χ1n) is 3.35. The molecule has 0 radical (unpaired) electrons. The smallest absolute Gasteiger partial charge is 0.331 e. The predicted octanol–water partition coefficient (Wildman–Crippen LogP) is 2.31. The lowest BCUT2D eigenvalue weighted by atomic mass is 10.1. The third-order valence-corrected chi connectivity index (χ3v) is 1.37. The lowest BCUT2D eigenvalue weighted by Crippen LogP contribution is -2.28. The Morgan fingerprint density at radius 3 is 2.23 bits per heavy atom. The zero-order valence-corrected chi connectivity index (χ0v) is 6.73. The van der Waals surface area contributed by atoms with Crippen LogP contribution in [-0.4, -0.2) is 23.4 Å². The molecule has 2 nitrogen and oxygen atoms in total. The first-order chi connectivity index (χ1) is 5.81. The lowest BCUT2D eigenvalue weighted by Gasteiger charge is -2.14. The molecule has 0 bridgehead atoms. The van der Waals surface area contributed by atoms with Crippen LogP contribution in [0.15, 0.2) is 11.6 Å². The van der Waals surface area contributed by atoms with E-state index in [0.717, 1.165) is 6.08 Å². The van der Waals surface area contributed by atoms with Crippen LogP contribution in [0.2, 0.25) is 0 Å². The van der Waals surface area contributed by atoms with Gasteiger partial charge in [0.2, 0.25) is 0 Å².